The number of nitrogens with zero attached hydrogens (tertiary/aromatic N) is 4. The number of hydrogen-bond acceptors (Lipinski definition) is 5. The molecule has 1 aliphatic rings. The van der Waals surface area contributed by atoms with E-state index in [1.807, 2.05) is 17.6 Å². The second-order valence-electron chi connectivity index (χ2n) is 6.43. The number of nitrogens with one attached hydrogen (secondary N) is 1. The molecule has 4 rings (SSSR count). The summed E-state index contributed by atoms with van der Waals surface area (Å²) in [5.41, 5.74) is 2.67. The molecule has 1 aliphatic carbocycles. The molecule has 2 heterocycles. The van der Waals surface area contributed by atoms with E-state index in [1.54, 1.807) is 18.1 Å². The van der Waals surface area contributed by atoms with Gasteiger partial charge in [-0.3, -0.25) is 4.72 Å². The Morgan fingerprint density at radius 1 is 1.27 bits per heavy atom. The van der Waals surface area contributed by atoms with Crippen molar-refractivity contribution in [2.75, 3.05) is 5.75 Å². The van der Waals surface area contributed by atoms with Gasteiger partial charge in [0.1, 0.15) is 5.82 Å². The van der Waals surface area contributed by atoms with Crippen LogP contribution in [0.2, 0.25) is 0 Å². The minimum atomic E-state index is -0.882. The van der Waals surface area contributed by atoms with Gasteiger partial charge in [0.2, 0.25) is 0 Å². The quantitative estimate of drug-likeness (QED) is 0.646. The summed E-state index contributed by atoms with van der Waals surface area (Å²) in [4.78, 5) is 4.57. The Kier molecular flexibility index (Phi) is 4.62. The van der Waals surface area contributed by atoms with Crippen molar-refractivity contribution in [2.24, 2.45) is 0 Å². The summed E-state index contributed by atoms with van der Waals surface area (Å²) in [6.45, 7) is 4.09. The fourth-order valence-corrected chi connectivity index (χ4v) is 3.52. The van der Waals surface area contributed by atoms with Crippen LogP contribution >= 0.6 is 11.9 Å². The molecule has 1 unspecified atom stereocenters. The lowest BCUT2D eigenvalue weighted by molar-refractivity contribution is 0.510. The third-order valence-corrected chi connectivity index (χ3v) is 5.23. The molecule has 5 nitrogen and oxygen atoms in total. The van der Waals surface area contributed by atoms with Gasteiger partial charge in [-0.15, -0.1) is 0 Å². The van der Waals surface area contributed by atoms with Gasteiger partial charge in [0, 0.05) is 29.5 Å². The number of aromatic nitrogens is 4. The summed E-state index contributed by atoms with van der Waals surface area (Å²) in [5.74, 6) is -0.105. The van der Waals surface area contributed by atoms with Crippen LogP contribution < -0.4 is 4.72 Å². The van der Waals surface area contributed by atoms with Gasteiger partial charge in [-0.2, -0.15) is 10.2 Å². The molecule has 0 bridgehead atoms. The summed E-state index contributed by atoms with van der Waals surface area (Å²) in [6, 6.07) is 4.62. The SMILES string of the molecule is CCSNC(C)c1cc(-c2nc3cc(F)c(F)cc3n2C2CC2)cnn1. The zero-order chi connectivity index (χ0) is 18.3. The van der Waals surface area contributed by atoms with Crippen molar-refractivity contribution in [3.05, 3.63) is 41.7 Å². The van der Waals surface area contributed by atoms with Crippen molar-refractivity contribution in [3.63, 3.8) is 0 Å². The van der Waals surface area contributed by atoms with Gasteiger partial charge < -0.3 is 4.57 Å². The predicted octanol–water partition coefficient (Wildman–Crippen LogP) is 4.43. The highest BCUT2D eigenvalue weighted by Crippen LogP contribution is 2.41. The largest absolute Gasteiger partial charge is 0.321 e. The van der Waals surface area contributed by atoms with E-state index in [2.05, 4.69) is 26.8 Å². The standard InChI is InChI=1S/C18H19F2N5S/c1-3-26-24-10(2)15-6-11(9-21-23-15)18-22-16-7-13(19)14(20)8-17(16)25(18)12-4-5-12/h6-10,12,24H,3-5H2,1-2H3. The number of imidazole rings is 1. The molecule has 8 heteroatoms. The van der Waals surface area contributed by atoms with Crippen molar-refractivity contribution in [1.29, 1.82) is 0 Å². The zero-order valence-corrected chi connectivity index (χ0v) is 15.4. The minimum Gasteiger partial charge on any atom is -0.321 e. The van der Waals surface area contributed by atoms with Gasteiger partial charge in [0.25, 0.3) is 0 Å². The molecular formula is C18H19F2N5S. The van der Waals surface area contributed by atoms with E-state index in [1.165, 1.54) is 6.07 Å². The van der Waals surface area contributed by atoms with E-state index >= 15 is 0 Å². The van der Waals surface area contributed by atoms with E-state index in [0.29, 0.717) is 16.9 Å². The molecule has 1 fully saturated rings. The maximum absolute atomic E-state index is 13.8. The summed E-state index contributed by atoms with van der Waals surface area (Å²) < 4.78 is 32.7. The maximum Gasteiger partial charge on any atom is 0.161 e. The van der Waals surface area contributed by atoms with Crippen molar-refractivity contribution < 1.29 is 8.78 Å². The van der Waals surface area contributed by atoms with Crippen molar-refractivity contribution in [1.82, 2.24) is 24.5 Å². The summed E-state index contributed by atoms with van der Waals surface area (Å²) in [6.07, 6.45) is 3.66. The molecule has 1 N–H and O–H groups in total. The van der Waals surface area contributed by atoms with E-state index in [4.69, 9.17) is 0 Å². The summed E-state index contributed by atoms with van der Waals surface area (Å²) in [7, 11) is 0. The first-order valence-electron chi connectivity index (χ1n) is 8.65. The van der Waals surface area contributed by atoms with Gasteiger partial charge in [-0.1, -0.05) is 18.9 Å². The summed E-state index contributed by atoms with van der Waals surface area (Å²) in [5, 5.41) is 8.32. The van der Waals surface area contributed by atoms with E-state index in [-0.39, 0.29) is 12.1 Å². The Morgan fingerprint density at radius 2 is 2.04 bits per heavy atom. The Labute approximate surface area is 154 Å². The number of benzene rings is 1. The van der Waals surface area contributed by atoms with Gasteiger partial charge in [-0.25, -0.2) is 13.8 Å². The Morgan fingerprint density at radius 3 is 2.77 bits per heavy atom. The maximum atomic E-state index is 13.8. The van der Waals surface area contributed by atoms with Crippen LogP contribution in [0.3, 0.4) is 0 Å². The molecule has 0 saturated heterocycles. The average Bonchev–Trinajstić information content (AvgIpc) is 3.42. The highest BCUT2D eigenvalue weighted by molar-refractivity contribution is 7.97. The predicted molar refractivity (Wildman–Crippen MR) is 98.6 cm³/mol. The Bertz CT molecular complexity index is 954. The lowest BCUT2D eigenvalue weighted by Gasteiger charge is -2.13. The van der Waals surface area contributed by atoms with Crippen LogP contribution in [-0.4, -0.2) is 25.5 Å². The third kappa shape index (κ3) is 3.19. The molecule has 0 spiro atoms. The second-order valence-corrected chi connectivity index (χ2v) is 7.54. The molecule has 1 saturated carbocycles. The Hall–Kier alpha value is -2.06. The van der Waals surface area contributed by atoms with Gasteiger partial charge in [0.15, 0.2) is 11.6 Å². The normalized spacial score (nSPS) is 15.5. The third-order valence-electron chi connectivity index (χ3n) is 4.42. The first kappa shape index (κ1) is 17.4. The molecule has 1 aromatic carbocycles. The van der Waals surface area contributed by atoms with Crippen LogP contribution in [0.4, 0.5) is 8.78 Å². The topological polar surface area (TPSA) is 55.6 Å². The molecule has 1 atom stereocenters. The molecule has 26 heavy (non-hydrogen) atoms. The summed E-state index contributed by atoms with van der Waals surface area (Å²) >= 11 is 1.62. The van der Waals surface area contributed by atoms with Crippen LogP contribution in [0.1, 0.15) is 44.5 Å². The molecule has 2 aromatic heterocycles. The van der Waals surface area contributed by atoms with Crippen LogP contribution in [0, 0.1) is 11.6 Å². The van der Waals surface area contributed by atoms with Gasteiger partial charge >= 0.3 is 0 Å². The van der Waals surface area contributed by atoms with E-state index in [9.17, 15) is 8.78 Å². The monoisotopic (exact) mass is 375 g/mol. The van der Waals surface area contributed by atoms with Gasteiger partial charge in [0.05, 0.1) is 29.0 Å². The molecular weight excluding hydrogens is 356 g/mol. The number of hydrogen-bond donors (Lipinski definition) is 1. The molecule has 0 aliphatic heterocycles. The lowest BCUT2D eigenvalue weighted by atomic mass is 10.2. The molecule has 0 amide bonds. The highest BCUT2D eigenvalue weighted by atomic mass is 32.2. The van der Waals surface area contributed by atoms with Crippen molar-refractivity contribution >= 4 is 23.0 Å². The van der Waals surface area contributed by atoms with Crippen LogP contribution in [0.25, 0.3) is 22.4 Å². The van der Waals surface area contributed by atoms with Crippen LogP contribution in [-0.2, 0) is 0 Å². The zero-order valence-electron chi connectivity index (χ0n) is 14.5. The van der Waals surface area contributed by atoms with Crippen molar-refractivity contribution in [2.45, 2.75) is 38.8 Å². The number of halogens is 2. The highest BCUT2D eigenvalue weighted by Gasteiger charge is 2.29. The fraction of sp³-hybridized carbons (Fsp3) is 0.389. The molecule has 3 aromatic rings. The minimum absolute atomic E-state index is 0.0287. The van der Waals surface area contributed by atoms with Crippen LogP contribution in [0.5, 0.6) is 0 Å². The number of fused-ring (bicyclic) bond motifs is 1. The first-order chi connectivity index (χ1) is 12.6. The lowest BCUT2D eigenvalue weighted by Crippen LogP contribution is -2.13. The number of rotatable bonds is 6. The molecule has 0 radical (unpaired) electrons. The first-order valence-corrected chi connectivity index (χ1v) is 9.64. The Balaban J connectivity index is 1.80. The molecule has 136 valence electrons. The van der Waals surface area contributed by atoms with Crippen LogP contribution in [0.15, 0.2) is 24.4 Å². The van der Waals surface area contributed by atoms with Crippen molar-refractivity contribution in [3.8, 4) is 11.4 Å². The average molecular weight is 375 g/mol. The van der Waals surface area contributed by atoms with E-state index < -0.39 is 11.6 Å². The van der Waals surface area contributed by atoms with E-state index in [0.717, 1.165) is 35.9 Å². The fourth-order valence-electron chi connectivity index (χ4n) is 2.98. The van der Waals surface area contributed by atoms with Gasteiger partial charge in [-0.05, 0) is 25.8 Å². The second kappa shape index (κ2) is 6.92. The smallest absolute Gasteiger partial charge is 0.161 e.